The summed E-state index contributed by atoms with van der Waals surface area (Å²) in [4.78, 5) is 26.2. The minimum atomic E-state index is -0.608. The Kier molecular flexibility index (Phi) is 3.50. The first-order valence-corrected chi connectivity index (χ1v) is 7.65. The van der Waals surface area contributed by atoms with Crippen LogP contribution in [0.4, 0.5) is 16.3 Å². The number of ether oxygens (including phenoxy) is 1. The van der Waals surface area contributed by atoms with Crippen LogP contribution in [0.1, 0.15) is 15.9 Å². The van der Waals surface area contributed by atoms with E-state index in [1.807, 2.05) is 24.3 Å². The predicted octanol–water partition coefficient (Wildman–Crippen LogP) is 3.59. The number of benzene rings is 2. The summed E-state index contributed by atoms with van der Waals surface area (Å²) >= 11 is 0. The molecular weight excluding hydrogens is 318 g/mol. The van der Waals surface area contributed by atoms with Crippen LogP contribution in [0.3, 0.4) is 0 Å². The molecule has 3 aromatic rings. The molecule has 1 aliphatic carbocycles. The summed E-state index contributed by atoms with van der Waals surface area (Å²) in [6, 6.07) is 17.8. The van der Waals surface area contributed by atoms with Crippen LogP contribution in [0.25, 0.3) is 11.3 Å². The summed E-state index contributed by atoms with van der Waals surface area (Å²) in [6.07, 6.45) is -0.608. The van der Waals surface area contributed by atoms with Crippen LogP contribution in [0.15, 0.2) is 60.7 Å². The monoisotopic (exact) mass is 331 g/mol. The van der Waals surface area contributed by atoms with E-state index in [4.69, 9.17) is 4.74 Å². The molecule has 0 N–H and O–H groups in total. The third kappa shape index (κ3) is 2.35. The van der Waals surface area contributed by atoms with Gasteiger partial charge in [0, 0.05) is 11.1 Å². The second-order valence-corrected chi connectivity index (χ2v) is 5.48. The third-order valence-electron chi connectivity index (χ3n) is 4.05. The second kappa shape index (κ2) is 5.83. The highest BCUT2D eigenvalue weighted by molar-refractivity contribution is 6.21. The standard InChI is InChI=1S/C19H13N3O3/c1-25-19(24)22(12-7-3-2-4-8-12)16-11-15-17(21-20-16)13-9-5-6-10-14(13)18(15)23/h2-11H,1H3. The average Bonchev–Trinajstić information content (AvgIpc) is 2.95. The Morgan fingerprint density at radius 1 is 0.920 bits per heavy atom. The highest BCUT2D eigenvalue weighted by Gasteiger charge is 2.30. The topological polar surface area (TPSA) is 72.4 Å². The van der Waals surface area contributed by atoms with Gasteiger partial charge < -0.3 is 4.74 Å². The van der Waals surface area contributed by atoms with Crippen molar-refractivity contribution in [1.29, 1.82) is 0 Å². The van der Waals surface area contributed by atoms with E-state index in [1.54, 1.807) is 36.4 Å². The summed E-state index contributed by atoms with van der Waals surface area (Å²) in [6.45, 7) is 0. The quantitative estimate of drug-likeness (QED) is 0.561. The van der Waals surface area contributed by atoms with Gasteiger partial charge in [0.05, 0.1) is 18.4 Å². The zero-order chi connectivity index (χ0) is 17.4. The lowest BCUT2D eigenvalue weighted by molar-refractivity contribution is 0.104. The SMILES string of the molecule is COC(=O)N(c1ccccc1)c1cc2c(nn1)-c1ccccc1C2=O. The van der Waals surface area contributed by atoms with Gasteiger partial charge in [0.1, 0.15) is 5.69 Å². The Hall–Kier alpha value is -3.54. The zero-order valence-electron chi connectivity index (χ0n) is 13.3. The molecule has 0 spiro atoms. The largest absolute Gasteiger partial charge is 0.452 e. The molecule has 122 valence electrons. The molecule has 1 amide bonds. The highest BCUT2D eigenvalue weighted by atomic mass is 16.5. The molecule has 4 rings (SSSR count). The first-order chi connectivity index (χ1) is 12.2. The van der Waals surface area contributed by atoms with Crippen LogP contribution in [0.5, 0.6) is 0 Å². The molecule has 1 heterocycles. The minimum Gasteiger partial charge on any atom is -0.452 e. The number of amides is 1. The van der Waals surface area contributed by atoms with Gasteiger partial charge in [-0.1, -0.05) is 42.5 Å². The number of rotatable bonds is 2. The molecule has 0 aliphatic heterocycles. The number of nitrogens with zero attached hydrogens (tertiary/aromatic N) is 3. The minimum absolute atomic E-state index is 0.125. The fraction of sp³-hybridized carbons (Fsp3) is 0.0526. The van der Waals surface area contributed by atoms with Crippen LogP contribution in [-0.2, 0) is 4.74 Å². The van der Waals surface area contributed by atoms with Gasteiger partial charge in [0.2, 0.25) is 0 Å². The molecule has 2 aromatic carbocycles. The van der Waals surface area contributed by atoms with E-state index in [0.29, 0.717) is 22.5 Å². The first-order valence-electron chi connectivity index (χ1n) is 7.65. The molecule has 0 radical (unpaired) electrons. The van der Waals surface area contributed by atoms with Crippen molar-refractivity contribution in [2.75, 3.05) is 12.0 Å². The fourth-order valence-corrected chi connectivity index (χ4v) is 2.89. The van der Waals surface area contributed by atoms with Gasteiger partial charge in [-0.05, 0) is 18.2 Å². The van der Waals surface area contributed by atoms with Crippen molar-refractivity contribution in [2.45, 2.75) is 0 Å². The van der Waals surface area contributed by atoms with Gasteiger partial charge in [-0.2, -0.15) is 0 Å². The summed E-state index contributed by atoms with van der Waals surface area (Å²) < 4.78 is 4.86. The van der Waals surface area contributed by atoms with E-state index in [0.717, 1.165) is 5.56 Å². The van der Waals surface area contributed by atoms with Crippen molar-refractivity contribution in [3.63, 3.8) is 0 Å². The molecule has 1 aromatic heterocycles. The zero-order valence-corrected chi connectivity index (χ0v) is 13.3. The molecule has 6 nitrogen and oxygen atoms in total. The van der Waals surface area contributed by atoms with Crippen LogP contribution in [-0.4, -0.2) is 29.2 Å². The van der Waals surface area contributed by atoms with Crippen molar-refractivity contribution in [2.24, 2.45) is 0 Å². The van der Waals surface area contributed by atoms with E-state index >= 15 is 0 Å². The van der Waals surface area contributed by atoms with Gasteiger partial charge >= 0.3 is 6.09 Å². The first kappa shape index (κ1) is 15.0. The Morgan fingerprint density at radius 3 is 2.32 bits per heavy atom. The van der Waals surface area contributed by atoms with Crippen LogP contribution < -0.4 is 4.90 Å². The Labute approximate surface area is 143 Å². The molecule has 1 aliphatic rings. The number of carbonyl (C=O) groups is 2. The smallest absolute Gasteiger partial charge is 0.419 e. The Balaban J connectivity index is 1.84. The molecule has 0 bridgehead atoms. The van der Waals surface area contributed by atoms with Crippen molar-refractivity contribution in [3.8, 4) is 11.3 Å². The molecular formula is C19H13N3O3. The van der Waals surface area contributed by atoms with Gasteiger partial charge in [-0.3, -0.25) is 4.79 Å². The van der Waals surface area contributed by atoms with Gasteiger partial charge in [0.15, 0.2) is 11.6 Å². The normalized spacial score (nSPS) is 11.6. The average molecular weight is 331 g/mol. The maximum Gasteiger partial charge on any atom is 0.419 e. The fourth-order valence-electron chi connectivity index (χ4n) is 2.89. The van der Waals surface area contributed by atoms with E-state index in [1.165, 1.54) is 12.0 Å². The van der Waals surface area contributed by atoms with Crippen LogP contribution >= 0.6 is 0 Å². The molecule has 0 unspecified atom stereocenters. The summed E-state index contributed by atoms with van der Waals surface area (Å²) in [5.74, 6) is 0.109. The second-order valence-electron chi connectivity index (χ2n) is 5.48. The Morgan fingerprint density at radius 2 is 1.60 bits per heavy atom. The van der Waals surface area contributed by atoms with E-state index in [-0.39, 0.29) is 11.6 Å². The highest BCUT2D eigenvalue weighted by Crippen LogP contribution is 2.36. The number of methoxy groups -OCH3 is 1. The number of anilines is 2. The van der Waals surface area contributed by atoms with Crippen molar-refractivity contribution < 1.29 is 14.3 Å². The summed E-state index contributed by atoms with van der Waals surface area (Å²) in [7, 11) is 1.29. The van der Waals surface area contributed by atoms with Crippen molar-refractivity contribution >= 4 is 23.4 Å². The maximum atomic E-state index is 12.6. The van der Waals surface area contributed by atoms with E-state index < -0.39 is 6.09 Å². The Bertz CT molecular complexity index is 986. The predicted molar refractivity (Wildman–Crippen MR) is 91.9 cm³/mol. The number of hydrogen-bond donors (Lipinski definition) is 0. The lowest BCUT2D eigenvalue weighted by atomic mass is 10.1. The molecule has 0 fully saturated rings. The van der Waals surface area contributed by atoms with Crippen molar-refractivity contribution in [1.82, 2.24) is 10.2 Å². The van der Waals surface area contributed by atoms with Gasteiger partial charge in [0.25, 0.3) is 0 Å². The van der Waals surface area contributed by atoms with Crippen LogP contribution in [0.2, 0.25) is 0 Å². The lowest BCUT2D eigenvalue weighted by Crippen LogP contribution is -2.27. The molecule has 0 saturated carbocycles. The number of hydrogen-bond acceptors (Lipinski definition) is 5. The summed E-state index contributed by atoms with van der Waals surface area (Å²) in [5, 5.41) is 8.35. The van der Waals surface area contributed by atoms with E-state index in [2.05, 4.69) is 10.2 Å². The molecule has 6 heteroatoms. The van der Waals surface area contributed by atoms with Crippen molar-refractivity contribution in [3.05, 3.63) is 71.8 Å². The van der Waals surface area contributed by atoms with E-state index in [9.17, 15) is 9.59 Å². The number of ketones is 1. The molecule has 0 atom stereocenters. The summed E-state index contributed by atoms with van der Waals surface area (Å²) in [5.41, 5.74) is 2.88. The third-order valence-corrected chi connectivity index (χ3v) is 4.05. The van der Waals surface area contributed by atoms with Gasteiger partial charge in [-0.25, -0.2) is 9.69 Å². The van der Waals surface area contributed by atoms with Gasteiger partial charge in [-0.15, -0.1) is 10.2 Å². The number of carbonyl (C=O) groups excluding carboxylic acids is 2. The number of para-hydroxylation sites is 1. The maximum absolute atomic E-state index is 12.6. The lowest BCUT2D eigenvalue weighted by Gasteiger charge is -2.20. The molecule has 0 saturated heterocycles. The van der Waals surface area contributed by atoms with Crippen LogP contribution in [0, 0.1) is 0 Å². The number of fused-ring (bicyclic) bond motifs is 3. The molecule has 25 heavy (non-hydrogen) atoms. The number of aromatic nitrogens is 2.